The molecular formula is C20H24F3N3O5. The molecular weight excluding hydrogens is 419 g/mol. The highest BCUT2D eigenvalue weighted by atomic mass is 19.4. The average Bonchev–Trinajstić information content (AvgIpc) is 2.98. The maximum absolute atomic E-state index is 12.5. The number of alkyl halides is 3. The van der Waals surface area contributed by atoms with Crippen molar-refractivity contribution in [3.8, 4) is 5.75 Å². The molecule has 0 atom stereocenters. The van der Waals surface area contributed by atoms with Crippen molar-refractivity contribution in [1.29, 1.82) is 0 Å². The van der Waals surface area contributed by atoms with Gasteiger partial charge in [-0.05, 0) is 49.9 Å². The van der Waals surface area contributed by atoms with Gasteiger partial charge in [-0.1, -0.05) is 19.1 Å². The lowest BCUT2D eigenvalue weighted by Crippen LogP contribution is -2.54. The normalized spacial score (nSPS) is 26.1. The molecule has 2 amide bonds. The summed E-state index contributed by atoms with van der Waals surface area (Å²) >= 11 is 0. The first-order valence-electron chi connectivity index (χ1n) is 9.92. The van der Waals surface area contributed by atoms with E-state index in [1.54, 1.807) is 6.07 Å². The SMILES string of the molecule is CCNC1(c2cccc(OC(=O)C(F)(F)F)c2)CCC2(CC1)CN(CC(=O)O)C(=O)N2. The number of carbonyl (C=O) groups excluding carboxylic acids is 2. The predicted octanol–water partition coefficient (Wildman–Crippen LogP) is 2.38. The second-order valence-electron chi connectivity index (χ2n) is 7.99. The smallest absolute Gasteiger partial charge is 0.480 e. The van der Waals surface area contributed by atoms with Crippen molar-refractivity contribution in [3.05, 3.63) is 29.8 Å². The number of nitrogens with zero attached hydrogens (tertiary/aromatic N) is 1. The Morgan fingerprint density at radius 2 is 1.94 bits per heavy atom. The summed E-state index contributed by atoms with van der Waals surface area (Å²) in [5.41, 5.74) is -0.444. The second-order valence-corrected chi connectivity index (χ2v) is 7.99. The maximum atomic E-state index is 12.5. The van der Waals surface area contributed by atoms with Crippen molar-refractivity contribution in [1.82, 2.24) is 15.5 Å². The minimum Gasteiger partial charge on any atom is -0.480 e. The number of nitrogens with one attached hydrogen (secondary N) is 2. The van der Waals surface area contributed by atoms with Crippen molar-refractivity contribution in [2.24, 2.45) is 0 Å². The number of halogens is 3. The van der Waals surface area contributed by atoms with Gasteiger partial charge < -0.3 is 25.4 Å². The molecule has 3 rings (SSSR count). The van der Waals surface area contributed by atoms with Crippen molar-refractivity contribution in [3.63, 3.8) is 0 Å². The number of benzene rings is 1. The van der Waals surface area contributed by atoms with Crippen molar-refractivity contribution in [2.45, 2.75) is 49.9 Å². The standard InChI is InChI=1S/C20H24F3N3O5/c1-2-24-19(13-4-3-5-14(10-13)31-16(29)20(21,22)23)8-6-18(7-9-19)12-26(11-15(27)28)17(30)25-18/h3-5,10,24H,2,6-9,11-12H2,1H3,(H,25,30)(H,27,28). The predicted molar refractivity (Wildman–Crippen MR) is 102 cm³/mol. The van der Waals surface area contributed by atoms with E-state index in [0.717, 1.165) is 0 Å². The van der Waals surface area contributed by atoms with Gasteiger partial charge in [0.25, 0.3) is 0 Å². The van der Waals surface area contributed by atoms with Gasteiger partial charge in [0.1, 0.15) is 12.3 Å². The Morgan fingerprint density at radius 3 is 2.52 bits per heavy atom. The van der Waals surface area contributed by atoms with Gasteiger partial charge in [0.2, 0.25) is 0 Å². The summed E-state index contributed by atoms with van der Waals surface area (Å²) in [6, 6.07) is 5.59. The molecule has 1 aliphatic heterocycles. The average molecular weight is 443 g/mol. The van der Waals surface area contributed by atoms with Gasteiger partial charge in [0, 0.05) is 12.1 Å². The van der Waals surface area contributed by atoms with Gasteiger partial charge in [0.15, 0.2) is 0 Å². The lowest BCUT2D eigenvalue weighted by atomic mass is 9.69. The fraction of sp³-hybridized carbons (Fsp3) is 0.550. The quantitative estimate of drug-likeness (QED) is 0.460. The summed E-state index contributed by atoms with van der Waals surface area (Å²) < 4.78 is 42.1. The first-order valence-corrected chi connectivity index (χ1v) is 9.92. The highest BCUT2D eigenvalue weighted by Gasteiger charge is 2.49. The zero-order valence-corrected chi connectivity index (χ0v) is 16.9. The van der Waals surface area contributed by atoms with Crippen molar-refractivity contribution < 1.29 is 37.4 Å². The number of amides is 2. The van der Waals surface area contributed by atoms with Crippen LogP contribution in [0.3, 0.4) is 0 Å². The Bertz CT molecular complexity index is 866. The highest BCUT2D eigenvalue weighted by molar-refractivity contribution is 5.82. The molecule has 3 N–H and O–H groups in total. The van der Waals surface area contributed by atoms with Crippen LogP contribution in [0.15, 0.2) is 24.3 Å². The number of urea groups is 1. The van der Waals surface area contributed by atoms with Crippen LogP contribution >= 0.6 is 0 Å². The van der Waals surface area contributed by atoms with Crippen LogP contribution in [0.4, 0.5) is 18.0 Å². The lowest BCUT2D eigenvalue weighted by Gasteiger charge is -2.45. The van der Waals surface area contributed by atoms with Crippen LogP contribution in [-0.4, -0.2) is 59.3 Å². The number of rotatable bonds is 6. The summed E-state index contributed by atoms with van der Waals surface area (Å²) in [5.74, 6) is -3.56. The molecule has 1 heterocycles. The van der Waals surface area contributed by atoms with Crippen LogP contribution in [-0.2, 0) is 15.1 Å². The molecule has 31 heavy (non-hydrogen) atoms. The van der Waals surface area contributed by atoms with Gasteiger partial charge in [-0.2, -0.15) is 13.2 Å². The molecule has 0 unspecified atom stereocenters. The lowest BCUT2D eigenvalue weighted by molar-refractivity contribution is -0.189. The van der Waals surface area contributed by atoms with Crippen LogP contribution in [0, 0.1) is 0 Å². The van der Waals surface area contributed by atoms with E-state index in [1.807, 2.05) is 6.92 Å². The number of carboxylic acid groups (broad SMARTS) is 1. The molecule has 170 valence electrons. The summed E-state index contributed by atoms with van der Waals surface area (Å²) in [7, 11) is 0. The Hall–Kier alpha value is -2.82. The number of hydrogen-bond donors (Lipinski definition) is 3. The minimum atomic E-state index is -5.09. The molecule has 1 aliphatic carbocycles. The molecule has 1 saturated carbocycles. The first-order chi connectivity index (χ1) is 14.5. The summed E-state index contributed by atoms with van der Waals surface area (Å²) in [4.78, 5) is 35.6. The fourth-order valence-corrected chi connectivity index (χ4v) is 4.44. The van der Waals surface area contributed by atoms with Crippen LogP contribution in [0.25, 0.3) is 0 Å². The molecule has 1 aromatic rings. The van der Waals surface area contributed by atoms with Crippen LogP contribution < -0.4 is 15.4 Å². The van der Waals surface area contributed by atoms with E-state index in [2.05, 4.69) is 15.4 Å². The fourth-order valence-electron chi connectivity index (χ4n) is 4.44. The number of carbonyl (C=O) groups is 3. The van der Waals surface area contributed by atoms with Crippen molar-refractivity contribution >= 4 is 18.0 Å². The van der Waals surface area contributed by atoms with Crippen LogP contribution in [0.5, 0.6) is 5.75 Å². The molecule has 0 aromatic heterocycles. The number of carboxylic acids is 1. The van der Waals surface area contributed by atoms with E-state index in [0.29, 0.717) is 37.8 Å². The number of ether oxygens (including phenoxy) is 1. The Kier molecular flexibility index (Phi) is 6.17. The third kappa shape index (κ3) is 4.92. The molecule has 8 nitrogen and oxygen atoms in total. The van der Waals surface area contributed by atoms with E-state index in [1.165, 1.54) is 23.1 Å². The van der Waals surface area contributed by atoms with E-state index < -0.39 is 35.2 Å². The molecule has 1 aromatic carbocycles. The van der Waals surface area contributed by atoms with E-state index in [-0.39, 0.29) is 18.8 Å². The molecule has 1 spiro atoms. The maximum Gasteiger partial charge on any atom is 0.491 e. The third-order valence-corrected chi connectivity index (χ3v) is 5.88. The number of aliphatic carboxylic acids is 1. The molecule has 0 bridgehead atoms. The largest absolute Gasteiger partial charge is 0.491 e. The van der Waals surface area contributed by atoms with Crippen molar-refractivity contribution in [2.75, 3.05) is 19.6 Å². The Balaban J connectivity index is 1.78. The monoisotopic (exact) mass is 443 g/mol. The summed E-state index contributed by atoms with van der Waals surface area (Å²) in [5, 5.41) is 15.3. The van der Waals surface area contributed by atoms with E-state index >= 15 is 0 Å². The Labute approximate surface area is 176 Å². The van der Waals surface area contributed by atoms with Crippen LogP contribution in [0.2, 0.25) is 0 Å². The van der Waals surface area contributed by atoms with Gasteiger partial charge in [0.05, 0.1) is 5.54 Å². The number of esters is 1. The van der Waals surface area contributed by atoms with E-state index in [9.17, 15) is 27.6 Å². The van der Waals surface area contributed by atoms with Gasteiger partial charge in [-0.25, -0.2) is 9.59 Å². The molecule has 2 aliphatic rings. The third-order valence-electron chi connectivity index (χ3n) is 5.88. The first kappa shape index (κ1) is 22.9. The summed E-state index contributed by atoms with van der Waals surface area (Å²) in [6.45, 7) is 2.41. The Morgan fingerprint density at radius 1 is 1.26 bits per heavy atom. The topological polar surface area (TPSA) is 108 Å². The van der Waals surface area contributed by atoms with Gasteiger partial charge >= 0.3 is 24.1 Å². The summed E-state index contributed by atoms with van der Waals surface area (Å²) in [6.07, 6.45) is -2.88. The highest BCUT2D eigenvalue weighted by Crippen LogP contribution is 2.44. The molecule has 0 radical (unpaired) electrons. The van der Waals surface area contributed by atoms with E-state index in [4.69, 9.17) is 5.11 Å². The van der Waals surface area contributed by atoms with Gasteiger partial charge in [-0.3, -0.25) is 4.79 Å². The zero-order chi connectivity index (χ0) is 22.9. The second kappa shape index (κ2) is 8.37. The van der Waals surface area contributed by atoms with Crippen LogP contribution in [0.1, 0.15) is 38.2 Å². The minimum absolute atomic E-state index is 0.195. The molecule has 2 fully saturated rings. The molecule has 1 saturated heterocycles. The molecule has 11 heteroatoms. The van der Waals surface area contributed by atoms with Gasteiger partial charge in [-0.15, -0.1) is 0 Å². The number of hydrogen-bond acceptors (Lipinski definition) is 5. The zero-order valence-electron chi connectivity index (χ0n) is 16.9.